The van der Waals surface area contributed by atoms with Crippen LogP contribution in [0.1, 0.15) is 40.0 Å². The van der Waals surface area contributed by atoms with E-state index in [2.05, 4.69) is 23.9 Å². The van der Waals surface area contributed by atoms with Gasteiger partial charge in [-0.05, 0) is 31.7 Å². The van der Waals surface area contributed by atoms with Crippen molar-refractivity contribution in [2.24, 2.45) is 5.92 Å². The number of hydrogen-bond acceptors (Lipinski definition) is 2. The minimum atomic E-state index is -4.21. The van der Waals surface area contributed by atoms with Gasteiger partial charge in [0.15, 0.2) is 0 Å². The molecule has 0 rings (SSSR count). The van der Waals surface area contributed by atoms with E-state index >= 15 is 0 Å². The van der Waals surface area contributed by atoms with Gasteiger partial charge in [0.2, 0.25) is 0 Å². The van der Waals surface area contributed by atoms with E-state index in [1.165, 1.54) is 0 Å². The van der Waals surface area contributed by atoms with Gasteiger partial charge in [-0.25, -0.2) is 0 Å². The zero-order valence-corrected chi connectivity index (χ0v) is 10.9. The van der Waals surface area contributed by atoms with Crippen molar-refractivity contribution < 1.29 is 17.9 Å². The monoisotopic (exact) mass is 255 g/mol. The zero-order chi connectivity index (χ0) is 13.3. The Morgan fingerprint density at radius 2 is 1.88 bits per heavy atom. The van der Waals surface area contributed by atoms with Crippen molar-refractivity contribution in [3.05, 3.63) is 0 Å². The molecule has 0 bridgehead atoms. The number of ether oxygens (including phenoxy) is 1. The second-order valence-electron chi connectivity index (χ2n) is 4.40. The highest BCUT2D eigenvalue weighted by atomic mass is 19.4. The summed E-state index contributed by atoms with van der Waals surface area (Å²) in [6.45, 7) is 6.21. The molecule has 0 aliphatic rings. The molecular formula is C12H24F3NO. The first-order valence-electron chi connectivity index (χ1n) is 6.28. The Kier molecular flexibility index (Phi) is 8.60. The normalized spacial score (nSPS) is 15.9. The van der Waals surface area contributed by atoms with Crippen LogP contribution in [-0.4, -0.2) is 32.0 Å². The molecule has 2 atom stereocenters. The maximum atomic E-state index is 11.8. The molecule has 0 aliphatic carbocycles. The summed E-state index contributed by atoms with van der Waals surface area (Å²) in [5, 5.41) is 3.40. The molecule has 0 aliphatic heterocycles. The van der Waals surface area contributed by atoms with Crippen LogP contribution in [-0.2, 0) is 4.74 Å². The standard InChI is InChI=1S/C12H24F3NO/c1-4-7-16-11(5-2)10(3)6-8-17-9-12(13,14)15/h10-11,16H,4-9H2,1-3H3. The summed E-state index contributed by atoms with van der Waals surface area (Å²) in [7, 11) is 0. The summed E-state index contributed by atoms with van der Waals surface area (Å²) in [6, 6.07) is 0.365. The Bertz CT molecular complexity index is 185. The number of halogens is 3. The van der Waals surface area contributed by atoms with Gasteiger partial charge < -0.3 is 10.1 Å². The lowest BCUT2D eigenvalue weighted by molar-refractivity contribution is -0.174. The van der Waals surface area contributed by atoms with Crippen molar-refractivity contribution in [1.29, 1.82) is 0 Å². The van der Waals surface area contributed by atoms with E-state index < -0.39 is 12.8 Å². The van der Waals surface area contributed by atoms with Crippen molar-refractivity contribution >= 4 is 0 Å². The maximum absolute atomic E-state index is 11.8. The Labute approximate surface area is 102 Å². The fourth-order valence-electron chi connectivity index (χ4n) is 1.74. The molecule has 5 heteroatoms. The molecule has 0 saturated carbocycles. The molecule has 17 heavy (non-hydrogen) atoms. The average molecular weight is 255 g/mol. The number of alkyl halides is 3. The summed E-state index contributed by atoms with van der Waals surface area (Å²) in [6.07, 6.45) is -1.51. The van der Waals surface area contributed by atoms with Gasteiger partial charge in [-0.1, -0.05) is 20.8 Å². The summed E-state index contributed by atoms with van der Waals surface area (Å²) >= 11 is 0. The molecule has 0 spiro atoms. The smallest absolute Gasteiger partial charge is 0.372 e. The topological polar surface area (TPSA) is 21.3 Å². The van der Waals surface area contributed by atoms with E-state index in [1.807, 2.05) is 6.92 Å². The molecule has 0 radical (unpaired) electrons. The second kappa shape index (κ2) is 8.75. The Morgan fingerprint density at radius 3 is 2.35 bits per heavy atom. The van der Waals surface area contributed by atoms with Crippen molar-refractivity contribution in [3.63, 3.8) is 0 Å². The first-order chi connectivity index (χ1) is 7.90. The van der Waals surface area contributed by atoms with E-state index in [4.69, 9.17) is 0 Å². The van der Waals surface area contributed by atoms with Gasteiger partial charge >= 0.3 is 6.18 Å². The minimum absolute atomic E-state index is 0.172. The molecule has 0 saturated heterocycles. The molecule has 0 aromatic rings. The average Bonchev–Trinajstić information content (AvgIpc) is 2.24. The van der Waals surface area contributed by atoms with Crippen LogP contribution < -0.4 is 5.32 Å². The van der Waals surface area contributed by atoms with Gasteiger partial charge in [-0.15, -0.1) is 0 Å². The van der Waals surface area contributed by atoms with Crippen LogP contribution in [0.2, 0.25) is 0 Å². The molecule has 0 aromatic carbocycles. The Hall–Kier alpha value is -0.290. The van der Waals surface area contributed by atoms with E-state index in [0.29, 0.717) is 18.4 Å². The predicted octanol–water partition coefficient (Wildman–Crippen LogP) is 3.37. The SMILES string of the molecule is CCCNC(CC)C(C)CCOCC(F)(F)F. The lowest BCUT2D eigenvalue weighted by atomic mass is 9.96. The van der Waals surface area contributed by atoms with Crippen LogP contribution in [0.3, 0.4) is 0 Å². The van der Waals surface area contributed by atoms with Crippen molar-refractivity contribution in [1.82, 2.24) is 5.32 Å². The highest BCUT2D eigenvalue weighted by molar-refractivity contribution is 4.71. The van der Waals surface area contributed by atoms with Crippen LogP contribution in [0.5, 0.6) is 0 Å². The molecule has 0 aromatic heterocycles. The number of nitrogens with one attached hydrogen (secondary N) is 1. The van der Waals surface area contributed by atoms with E-state index in [1.54, 1.807) is 0 Å². The summed E-state index contributed by atoms with van der Waals surface area (Å²) in [5.74, 6) is 0.333. The maximum Gasteiger partial charge on any atom is 0.411 e. The third-order valence-corrected chi connectivity index (χ3v) is 2.77. The molecule has 0 amide bonds. The zero-order valence-electron chi connectivity index (χ0n) is 10.9. The third-order valence-electron chi connectivity index (χ3n) is 2.77. The van der Waals surface area contributed by atoms with Crippen LogP contribution in [0, 0.1) is 5.92 Å². The molecule has 2 nitrogen and oxygen atoms in total. The quantitative estimate of drug-likeness (QED) is 0.638. The molecular weight excluding hydrogens is 231 g/mol. The highest BCUT2D eigenvalue weighted by Gasteiger charge is 2.27. The molecule has 1 N–H and O–H groups in total. The fourth-order valence-corrected chi connectivity index (χ4v) is 1.74. The van der Waals surface area contributed by atoms with Gasteiger partial charge in [0, 0.05) is 12.6 Å². The van der Waals surface area contributed by atoms with Gasteiger partial charge in [0.05, 0.1) is 0 Å². The summed E-state index contributed by atoms with van der Waals surface area (Å²) < 4.78 is 40.1. The van der Waals surface area contributed by atoms with Gasteiger partial charge in [-0.3, -0.25) is 0 Å². The highest BCUT2D eigenvalue weighted by Crippen LogP contribution is 2.16. The van der Waals surface area contributed by atoms with Gasteiger partial charge in [0.25, 0.3) is 0 Å². The summed E-state index contributed by atoms with van der Waals surface area (Å²) in [5.41, 5.74) is 0. The number of hydrogen-bond donors (Lipinski definition) is 1. The van der Waals surface area contributed by atoms with E-state index in [-0.39, 0.29) is 6.61 Å². The number of rotatable bonds is 9. The molecule has 2 unspecified atom stereocenters. The molecule has 0 heterocycles. The lowest BCUT2D eigenvalue weighted by Gasteiger charge is -2.24. The first-order valence-corrected chi connectivity index (χ1v) is 6.28. The van der Waals surface area contributed by atoms with Crippen molar-refractivity contribution in [2.75, 3.05) is 19.8 Å². The van der Waals surface area contributed by atoms with Crippen LogP contribution in [0.4, 0.5) is 13.2 Å². The van der Waals surface area contributed by atoms with Gasteiger partial charge in [-0.2, -0.15) is 13.2 Å². The lowest BCUT2D eigenvalue weighted by Crippen LogP contribution is -2.35. The van der Waals surface area contributed by atoms with Crippen LogP contribution in [0.25, 0.3) is 0 Å². The van der Waals surface area contributed by atoms with Crippen molar-refractivity contribution in [2.45, 2.75) is 52.3 Å². The fraction of sp³-hybridized carbons (Fsp3) is 1.00. The predicted molar refractivity (Wildman–Crippen MR) is 63.0 cm³/mol. The Morgan fingerprint density at radius 1 is 1.24 bits per heavy atom. The second-order valence-corrected chi connectivity index (χ2v) is 4.40. The van der Waals surface area contributed by atoms with Gasteiger partial charge in [0.1, 0.15) is 6.61 Å². The van der Waals surface area contributed by atoms with Crippen LogP contribution in [0.15, 0.2) is 0 Å². The van der Waals surface area contributed by atoms with E-state index in [0.717, 1.165) is 19.4 Å². The largest absolute Gasteiger partial charge is 0.411 e. The van der Waals surface area contributed by atoms with Crippen LogP contribution >= 0.6 is 0 Å². The summed E-state index contributed by atoms with van der Waals surface area (Å²) in [4.78, 5) is 0. The molecule has 0 fully saturated rings. The molecule has 104 valence electrons. The third kappa shape index (κ3) is 9.41. The minimum Gasteiger partial charge on any atom is -0.372 e. The van der Waals surface area contributed by atoms with Crippen molar-refractivity contribution in [3.8, 4) is 0 Å². The Balaban J connectivity index is 3.71. The first kappa shape index (κ1) is 16.7. The van der Waals surface area contributed by atoms with E-state index in [9.17, 15) is 13.2 Å².